The van der Waals surface area contributed by atoms with Gasteiger partial charge < -0.3 is 4.98 Å². The fourth-order valence-electron chi connectivity index (χ4n) is 6.87. The molecule has 0 aliphatic carbocycles. The molecule has 3 aromatic carbocycles. The van der Waals surface area contributed by atoms with E-state index in [9.17, 15) is 13.0 Å². The van der Waals surface area contributed by atoms with Gasteiger partial charge in [0.2, 0.25) is 0 Å². The summed E-state index contributed by atoms with van der Waals surface area (Å²) in [6.07, 6.45) is 1.30. The molecule has 6 bridgehead atoms. The summed E-state index contributed by atoms with van der Waals surface area (Å²) in [7, 11) is -9.31. The van der Waals surface area contributed by atoms with Crippen molar-refractivity contribution in [1.82, 2.24) is 12.9 Å². The Labute approximate surface area is 274 Å². The summed E-state index contributed by atoms with van der Waals surface area (Å²) in [5.74, 6) is 0. The molecule has 0 radical (unpaired) electrons. The molecule has 3 aliphatic heterocycles. The first-order valence-corrected chi connectivity index (χ1v) is 17.9. The second-order valence-corrected chi connectivity index (χ2v) is 14.6. The Morgan fingerprint density at radius 2 is 1.08 bits per heavy atom. The molecule has 0 spiro atoms. The first-order valence-electron chi connectivity index (χ1n) is 15.1. The van der Waals surface area contributed by atoms with Gasteiger partial charge in [0.05, 0.1) is 27.8 Å². The van der Waals surface area contributed by atoms with Crippen molar-refractivity contribution in [3.63, 3.8) is 0 Å². The van der Waals surface area contributed by atoms with Crippen LogP contribution in [0.5, 0.6) is 0 Å². The molecule has 6 heterocycles. The lowest BCUT2D eigenvalue weighted by Crippen LogP contribution is -2.44. The van der Waals surface area contributed by atoms with Crippen molar-refractivity contribution in [1.29, 1.82) is 0 Å². The molecule has 11 heteroatoms. The van der Waals surface area contributed by atoms with E-state index in [1.54, 1.807) is 24.3 Å². The zero-order chi connectivity index (χ0) is 32.8. The van der Waals surface area contributed by atoms with Crippen LogP contribution in [0.2, 0.25) is 0 Å². The van der Waals surface area contributed by atoms with Gasteiger partial charge in [-0.1, -0.05) is 91.0 Å². The Balaban J connectivity index is 1.57. The molecule has 234 valence electrons. The van der Waals surface area contributed by atoms with Gasteiger partial charge in [-0.2, -0.15) is 16.8 Å². The summed E-state index contributed by atoms with van der Waals surface area (Å²) in [6, 6.07) is 38.9. The van der Waals surface area contributed by atoms with Crippen LogP contribution in [0, 0.1) is 0 Å². The Morgan fingerprint density at radius 1 is 0.583 bits per heavy atom. The Bertz CT molecular complexity index is 2900. The van der Waals surface area contributed by atoms with E-state index in [2.05, 4.69) is 4.98 Å². The molecule has 0 fully saturated rings. The lowest BCUT2D eigenvalue weighted by Gasteiger charge is -2.23. The molecule has 6 aromatic rings. The quantitative estimate of drug-likeness (QED) is 0.279. The Morgan fingerprint density at radius 3 is 1.67 bits per heavy atom. The number of fused-ring (bicyclic) bond motifs is 3. The third-order valence-corrected chi connectivity index (χ3v) is 11.4. The highest BCUT2D eigenvalue weighted by Gasteiger charge is 2.36. The van der Waals surface area contributed by atoms with Crippen LogP contribution in [-0.2, 0) is 20.3 Å². The number of aliphatic imine (C=N–C) groups is 1. The van der Waals surface area contributed by atoms with Crippen LogP contribution in [0.25, 0.3) is 22.4 Å². The highest BCUT2D eigenvalue weighted by molar-refractivity contribution is 7.90. The Kier molecular flexibility index (Phi) is 6.00. The molecule has 2 N–H and O–H groups in total. The fourth-order valence-corrected chi connectivity index (χ4v) is 9.29. The third-order valence-electron chi connectivity index (χ3n) is 8.83. The van der Waals surface area contributed by atoms with E-state index in [1.807, 2.05) is 103 Å². The standard InChI is InChI=1S/C37H24N4O5S2/c42-47(43,44)33-22-28-34(23-10-4-1-5-11-23)26-16-17-27(38-26)35(24-12-6-2-7-13-24)29-18-19-30-36(25-14-8-3-9-15-25)31-20-21-32(37(33)39-28)41(31)48(45,46)40(29)30/h1-22,38H,(H,42,43,44). The monoisotopic (exact) mass is 668 g/mol. The predicted octanol–water partition coefficient (Wildman–Crippen LogP) is 2.61. The summed E-state index contributed by atoms with van der Waals surface area (Å²) in [4.78, 5) is 7.79. The minimum absolute atomic E-state index is 0.00170. The van der Waals surface area contributed by atoms with Crippen molar-refractivity contribution in [2.75, 3.05) is 0 Å². The van der Waals surface area contributed by atoms with E-state index in [-0.39, 0.29) is 16.8 Å². The highest BCUT2D eigenvalue weighted by atomic mass is 32.2. The largest absolute Gasteiger partial charge is 0.354 e. The van der Waals surface area contributed by atoms with Gasteiger partial charge in [0.25, 0.3) is 10.1 Å². The molecule has 0 unspecified atom stereocenters. The number of benzene rings is 3. The molecule has 0 saturated heterocycles. The lowest BCUT2D eigenvalue weighted by atomic mass is 10.0. The van der Waals surface area contributed by atoms with Gasteiger partial charge in [0.15, 0.2) is 0 Å². The molecule has 3 aromatic heterocycles. The zero-order valence-corrected chi connectivity index (χ0v) is 26.6. The van der Waals surface area contributed by atoms with E-state index >= 15 is 8.42 Å². The molecule has 3 aliphatic rings. The van der Waals surface area contributed by atoms with E-state index < -0.39 is 25.2 Å². The van der Waals surface area contributed by atoms with Crippen molar-refractivity contribution in [3.8, 4) is 0 Å². The van der Waals surface area contributed by atoms with Crippen LogP contribution in [-0.4, -0.2) is 40.0 Å². The van der Waals surface area contributed by atoms with E-state index in [0.29, 0.717) is 44.2 Å². The van der Waals surface area contributed by atoms with Crippen LogP contribution in [0.3, 0.4) is 0 Å². The van der Waals surface area contributed by atoms with Crippen LogP contribution in [0.4, 0.5) is 0 Å². The molecule has 9 nitrogen and oxygen atoms in total. The maximum atomic E-state index is 15.0. The van der Waals surface area contributed by atoms with E-state index in [4.69, 9.17) is 4.99 Å². The zero-order valence-electron chi connectivity index (χ0n) is 24.9. The number of aromatic nitrogens is 3. The van der Waals surface area contributed by atoms with Gasteiger partial charge in [-0.05, 0) is 59.2 Å². The average molecular weight is 669 g/mol. The second-order valence-electron chi connectivity index (χ2n) is 11.6. The predicted molar refractivity (Wildman–Crippen MR) is 183 cm³/mol. The number of hydrogen-bond acceptors (Lipinski definition) is 5. The topological polar surface area (TPSA) is 127 Å². The van der Waals surface area contributed by atoms with E-state index in [1.165, 1.54) is 10.0 Å². The second kappa shape index (κ2) is 10.1. The SMILES string of the molecule is O=S(=O)(O)C1=CC2=NC1=c1ccc3n1S(=O)(=O)n1c(ccc1C=3c1ccccc1)C(c1ccccc1)=c1ccc([nH]1)=C2c1ccccc1. The highest BCUT2D eigenvalue weighted by Crippen LogP contribution is 2.34. The lowest BCUT2D eigenvalue weighted by molar-refractivity contribution is 0.492. The van der Waals surface area contributed by atoms with Crippen molar-refractivity contribution in [2.24, 2.45) is 4.99 Å². The molecule has 48 heavy (non-hydrogen) atoms. The van der Waals surface area contributed by atoms with Crippen molar-refractivity contribution >= 4 is 48.5 Å². The number of H-pyrrole nitrogens is 1. The number of hydrogen-bond donors (Lipinski definition) is 2. The van der Waals surface area contributed by atoms with Gasteiger partial charge in [-0.3, -0.25) is 4.55 Å². The van der Waals surface area contributed by atoms with Crippen molar-refractivity contribution in [3.05, 3.63) is 188 Å². The summed E-state index contributed by atoms with van der Waals surface area (Å²) in [6.45, 7) is 0. The van der Waals surface area contributed by atoms with Crippen molar-refractivity contribution in [2.45, 2.75) is 0 Å². The molecule has 0 saturated carbocycles. The van der Waals surface area contributed by atoms with Crippen LogP contribution >= 0.6 is 0 Å². The summed E-state index contributed by atoms with van der Waals surface area (Å²) in [5, 5.41) is 1.60. The number of allylic oxidation sites excluding steroid dienone is 1. The molecular weight excluding hydrogens is 645 g/mol. The third kappa shape index (κ3) is 4.08. The minimum atomic E-state index is -4.86. The van der Waals surface area contributed by atoms with Gasteiger partial charge >= 0.3 is 10.2 Å². The number of rotatable bonds is 4. The number of nitrogens with zero attached hydrogens (tertiary/aromatic N) is 3. The molecular formula is C37H24N4O5S2. The first kappa shape index (κ1) is 28.5. The van der Waals surface area contributed by atoms with Crippen LogP contribution < -0.4 is 21.4 Å². The maximum absolute atomic E-state index is 15.0. The van der Waals surface area contributed by atoms with Gasteiger partial charge in [-0.25, -0.2) is 12.9 Å². The number of nitrogens with one attached hydrogen (secondary N) is 1. The van der Waals surface area contributed by atoms with Crippen LogP contribution in [0.1, 0.15) is 28.1 Å². The van der Waals surface area contributed by atoms with E-state index in [0.717, 1.165) is 20.7 Å². The van der Waals surface area contributed by atoms with Gasteiger partial charge in [0, 0.05) is 27.4 Å². The number of aromatic amines is 1. The summed E-state index contributed by atoms with van der Waals surface area (Å²) in [5.41, 5.74) is 5.09. The fraction of sp³-hybridized carbons (Fsp3) is 0. The smallest absolute Gasteiger partial charge is 0.335 e. The molecule has 0 amide bonds. The van der Waals surface area contributed by atoms with Gasteiger partial charge in [-0.15, -0.1) is 0 Å². The maximum Gasteiger partial charge on any atom is 0.335 e. The molecule has 0 atom stereocenters. The first-order chi connectivity index (χ1) is 23.2. The minimum Gasteiger partial charge on any atom is -0.354 e. The summed E-state index contributed by atoms with van der Waals surface area (Å²) >= 11 is 0. The summed E-state index contributed by atoms with van der Waals surface area (Å²) < 4.78 is 68.9. The molecule has 9 rings (SSSR count). The van der Waals surface area contributed by atoms with Crippen molar-refractivity contribution < 1.29 is 21.4 Å². The van der Waals surface area contributed by atoms with Crippen LogP contribution in [0.15, 0.2) is 143 Å². The Hall–Kier alpha value is -5.75. The van der Waals surface area contributed by atoms with Gasteiger partial charge in [0.1, 0.15) is 10.6 Å². The normalized spacial score (nSPS) is 16.2. The average Bonchev–Trinajstić information content (AvgIpc) is 3.89.